The number of aromatic nitrogens is 1. The van der Waals surface area contributed by atoms with Crippen molar-refractivity contribution in [2.75, 3.05) is 43.9 Å². The average Bonchev–Trinajstić information content (AvgIpc) is 2.73. The standard InChI is InChI=1S/C14H23N5/c1-3-4-5-19-12(11-15)10-13(16)14(19)18-8-6-17(2)7-9-18/h10H,3-9,16H2,1-2H3. The summed E-state index contributed by atoms with van der Waals surface area (Å²) >= 11 is 0. The molecule has 5 heteroatoms. The van der Waals surface area contributed by atoms with E-state index in [1.807, 2.05) is 6.07 Å². The van der Waals surface area contributed by atoms with Crippen molar-refractivity contribution in [2.45, 2.75) is 26.3 Å². The van der Waals surface area contributed by atoms with Crippen LogP contribution in [0.5, 0.6) is 0 Å². The highest BCUT2D eigenvalue weighted by Gasteiger charge is 2.21. The van der Waals surface area contributed by atoms with Crippen molar-refractivity contribution < 1.29 is 0 Å². The largest absolute Gasteiger partial charge is 0.396 e. The molecule has 0 spiro atoms. The third-order valence-electron chi connectivity index (χ3n) is 3.75. The van der Waals surface area contributed by atoms with Gasteiger partial charge in [-0.25, -0.2) is 0 Å². The van der Waals surface area contributed by atoms with Gasteiger partial charge in [-0.3, -0.25) is 0 Å². The number of nitrogens with zero attached hydrogens (tertiary/aromatic N) is 4. The lowest BCUT2D eigenvalue weighted by Crippen LogP contribution is -2.45. The highest BCUT2D eigenvalue weighted by Crippen LogP contribution is 2.29. The molecule has 0 radical (unpaired) electrons. The molecule has 0 saturated carbocycles. The smallest absolute Gasteiger partial charge is 0.133 e. The zero-order valence-electron chi connectivity index (χ0n) is 11.9. The van der Waals surface area contributed by atoms with Crippen molar-refractivity contribution >= 4 is 11.5 Å². The van der Waals surface area contributed by atoms with Crippen LogP contribution < -0.4 is 10.6 Å². The number of rotatable bonds is 4. The molecule has 1 aromatic heterocycles. The van der Waals surface area contributed by atoms with Gasteiger partial charge < -0.3 is 20.1 Å². The molecule has 2 N–H and O–H groups in total. The minimum atomic E-state index is 0.680. The lowest BCUT2D eigenvalue weighted by molar-refractivity contribution is 0.311. The molecule has 1 aromatic rings. The number of unbranched alkanes of at least 4 members (excludes halogenated alkanes) is 1. The van der Waals surface area contributed by atoms with Crippen LogP contribution in [0.4, 0.5) is 11.5 Å². The quantitative estimate of drug-likeness (QED) is 0.892. The third kappa shape index (κ3) is 2.85. The Kier molecular flexibility index (Phi) is 4.33. The van der Waals surface area contributed by atoms with Gasteiger partial charge in [-0.15, -0.1) is 0 Å². The molecule has 0 aliphatic carbocycles. The molecular weight excluding hydrogens is 238 g/mol. The van der Waals surface area contributed by atoms with Gasteiger partial charge in [0.2, 0.25) is 0 Å². The lowest BCUT2D eigenvalue weighted by Gasteiger charge is -2.35. The Balaban J connectivity index is 2.27. The molecule has 19 heavy (non-hydrogen) atoms. The SMILES string of the molecule is CCCCn1c(C#N)cc(N)c1N1CCN(C)CC1. The topological polar surface area (TPSA) is 61.2 Å². The molecular formula is C14H23N5. The van der Waals surface area contributed by atoms with Gasteiger partial charge in [0, 0.05) is 32.7 Å². The van der Waals surface area contributed by atoms with Gasteiger partial charge in [-0.1, -0.05) is 13.3 Å². The minimum Gasteiger partial charge on any atom is -0.396 e. The molecule has 1 fully saturated rings. The van der Waals surface area contributed by atoms with Crippen LogP contribution in [0.3, 0.4) is 0 Å². The molecule has 1 saturated heterocycles. The van der Waals surface area contributed by atoms with Gasteiger partial charge in [0.25, 0.3) is 0 Å². The first-order chi connectivity index (χ1) is 9.17. The van der Waals surface area contributed by atoms with Crippen LogP contribution in [0.2, 0.25) is 0 Å². The second kappa shape index (κ2) is 5.98. The first-order valence-corrected chi connectivity index (χ1v) is 7.00. The van der Waals surface area contributed by atoms with E-state index in [2.05, 4.69) is 34.4 Å². The van der Waals surface area contributed by atoms with Gasteiger partial charge in [-0.2, -0.15) is 5.26 Å². The zero-order chi connectivity index (χ0) is 13.8. The maximum Gasteiger partial charge on any atom is 0.133 e. The fourth-order valence-electron chi connectivity index (χ4n) is 2.57. The average molecular weight is 261 g/mol. The Bertz CT molecular complexity index is 463. The van der Waals surface area contributed by atoms with Crippen LogP contribution in [0.25, 0.3) is 0 Å². The van der Waals surface area contributed by atoms with E-state index in [0.29, 0.717) is 5.69 Å². The van der Waals surface area contributed by atoms with Crippen LogP contribution >= 0.6 is 0 Å². The molecule has 2 heterocycles. The Morgan fingerprint density at radius 2 is 2.00 bits per heavy atom. The van der Waals surface area contributed by atoms with E-state index in [4.69, 9.17) is 5.73 Å². The molecule has 1 aliphatic rings. The lowest BCUT2D eigenvalue weighted by atomic mass is 10.3. The van der Waals surface area contributed by atoms with Crippen molar-refractivity contribution in [3.63, 3.8) is 0 Å². The number of likely N-dealkylation sites (N-methyl/N-ethyl adjacent to an activating group) is 1. The summed E-state index contributed by atoms with van der Waals surface area (Å²) in [6.45, 7) is 7.07. The van der Waals surface area contributed by atoms with E-state index in [9.17, 15) is 5.26 Å². The molecule has 1 aliphatic heterocycles. The summed E-state index contributed by atoms with van der Waals surface area (Å²) in [7, 11) is 2.14. The molecule has 0 atom stereocenters. The summed E-state index contributed by atoms with van der Waals surface area (Å²) in [5, 5.41) is 9.24. The Labute approximate surface area is 115 Å². The van der Waals surface area contributed by atoms with Crippen LogP contribution in [0.1, 0.15) is 25.5 Å². The number of hydrogen-bond donors (Lipinski definition) is 1. The van der Waals surface area contributed by atoms with Crippen LogP contribution in [-0.4, -0.2) is 42.7 Å². The number of nitriles is 1. The van der Waals surface area contributed by atoms with E-state index in [1.165, 1.54) is 0 Å². The molecule has 5 nitrogen and oxygen atoms in total. The second-order valence-corrected chi connectivity index (χ2v) is 5.22. The summed E-state index contributed by atoms with van der Waals surface area (Å²) in [5.41, 5.74) is 7.54. The van der Waals surface area contributed by atoms with Gasteiger partial charge in [-0.05, 0) is 19.5 Å². The van der Waals surface area contributed by atoms with Gasteiger partial charge in [0.1, 0.15) is 17.6 Å². The Hall–Kier alpha value is -1.67. The normalized spacial score (nSPS) is 16.6. The van der Waals surface area contributed by atoms with Crippen molar-refractivity contribution in [1.29, 1.82) is 5.26 Å². The summed E-state index contributed by atoms with van der Waals surface area (Å²) in [6.07, 6.45) is 2.19. The molecule has 0 amide bonds. The minimum absolute atomic E-state index is 0.680. The Morgan fingerprint density at radius 3 is 2.58 bits per heavy atom. The predicted octanol–water partition coefficient (Wildman–Crippen LogP) is 1.49. The highest BCUT2D eigenvalue weighted by molar-refractivity contribution is 5.68. The van der Waals surface area contributed by atoms with Gasteiger partial charge in [0.15, 0.2) is 0 Å². The summed E-state index contributed by atoms with van der Waals surface area (Å²) < 4.78 is 2.09. The van der Waals surface area contributed by atoms with Crippen molar-refractivity contribution in [3.05, 3.63) is 11.8 Å². The van der Waals surface area contributed by atoms with E-state index in [0.717, 1.165) is 57.1 Å². The molecule has 2 rings (SSSR count). The summed E-state index contributed by atoms with van der Waals surface area (Å²) in [6, 6.07) is 4.07. The highest BCUT2D eigenvalue weighted by atomic mass is 15.3. The number of hydrogen-bond acceptors (Lipinski definition) is 4. The van der Waals surface area contributed by atoms with E-state index < -0.39 is 0 Å². The van der Waals surface area contributed by atoms with E-state index >= 15 is 0 Å². The first-order valence-electron chi connectivity index (χ1n) is 7.00. The molecule has 0 aromatic carbocycles. The number of nitrogens with two attached hydrogens (primary N) is 1. The monoisotopic (exact) mass is 261 g/mol. The van der Waals surface area contributed by atoms with Crippen molar-refractivity contribution in [2.24, 2.45) is 0 Å². The first kappa shape index (κ1) is 13.8. The molecule has 0 bridgehead atoms. The fraction of sp³-hybridized carbons (Fsp3) is 0.643. The van der Waals surface area contributed by atoms with E-state index in [1.54, 1.807) is 0 Å². The number of anilines is 2. The van der Waals surface area contributed by atoms with Crippen molar-refractivity contribution in [1.82, 2.24) is 9.47 Å². The molecule has 0 unspecified atom stereocenters. The van der Waals surface area contributed by atoms with E-state index in [-0.39, 0.29) is 0 Å². The molecule has 104 valence electrons. The fourth-order valence-corrected chi connectivity index (χ4v) is 2.57. The Morgan fingerprint density at radius 1 is 1.32 bits per heavy atom. The maximum absolute atomic E-state index is 9.24. The third-order valence-corrected chi connectivity index (χ3v) is 3.75. The van der Waals surface area contributed by atoms with Crippen LogP contribution in [0.15, 0.2) is 6.07 Å². The van der Waals surface area contributed by atoms with Crippen LogP contribution in [0, 0.1) is 11.3 Å². The summed E-state index contributed by atoms with van der Waals surface area (Å²) in [4.78, 5) is 4.63. The van der Waals surface area contributed by atoms with Gasteiger partial charge in [0.05, 0.1) is 5.69 Å². The second-order valence-electron chi connectivity index (χ2n) is 5.22. The number of nitrogen functional groups attached to an aromatic ring is 1. The predicted molar refractivity (Wildman–Crippen MR) is 78.2 cm³/mol. The number of piperazine rings is 1. The zero-order valence-corrected chi connectivity index (χ0v) is 11.9. The van der Waals surface area contributed by atoms with Gasteiger partial charge >= 0.3 is 0 Å². The van der Waals surface area contributed by atoms with Crippen LogP contribution in [-0.2, 0) is 6.54 Å². The maximum atomic E-state index is 9.24. The summed E-state index contributed by atoms with van der Waals surface area (Å²) in [5.74, 6) is 1.04. The van der Waals surface area contributed by atoms with Crippen molar-refractivity contribution in [3.8, 4) is 6.07 Å².